The Morgan fingerprint density at radius 2 is 1.80 bits per heavy atom. The normalized spacial score (nSPS) is 14.1. The maximum Gasteiger partial charge on any atom is 0.0846 e. The van der Waals surface area contributed by atoms with Crippen molar-refractivity contribution in [3.63, 3.8) is 0 Å². The third-order valence-electron chi connectivity index (χ3n) is 0.906. The van der Waals surface area contributed by atoms with Gasteiger partial charge in [0, 0.05) is 11.8 Å². The van der Waals surface area contributed by atoms with Gasteiger partial charge in [-0.2, -0.15) is 0 Å². The molecule has 0 aliphatic carbocycles. The van der Waals surface area contributed by atoms with Crippen molar-refractivity contribution < 1.29 is 4.74 Å². The van der Waals surface area contributed by atoms with Crippen LogP contribution in [0.15, 0.2) is 0 Å². The first-order chi connectivity index (χ1) is 4.70. The van der Waals surface area contributed by atoms with Crippen LogP contribution in [0.2, 0.25) is 0 Å². The van der Waals surface area contributed by atoms with E-state index in [0.717, 1.165) is 0 Å². The maximum absolute atomic E-state index is 5.62. The van der Waals surface area contributed by atoms with Gasteiger partial charge in [0.2, 0.25) is 0 Å². The van der Waals surface area contributed by atoms with Gasteiger partial charge in [-0.15, -0.1) is 34.8 Å². The lowest BCUT2D eigenvalue weighted by Crippen LogP contribution is -2.20. The van der Waals surface area contributed by atoms with Crippen LogP contribution in [0.4, 0.5) is 0 Å². The summed E-state index contributed by atoms with van der Waals surface area (Å²) in [5.74, 6) is 0.847. The molecule has 1 nitrogen and oxygen atoms in total. The Kier molecular flexibility index (Phi) is 7.08. The molecule has 1 atom stereocenters. The zero-order chi connectivity index (χ0) is 7.98. The van der Waals surface area contributed by atoms with Gasteiger partial charge in [-0.3, -0.25) is 0 Å². The number of alkyl halides is 3. The molecule has 0 saturated heterocycles. The molecule has 10 heavy (non-hydrogen) atoms. The molecule has 0 aromatic rings. The predicted octanol–water partition coefficient (Wildman–Crippen LogP) is 2.48. The molecule has 0 heterocycles. The molecule has 0 radical (unpaired) electrons. The molecular weight excluding hydrogens is 194 g/mol. The van der Waals surface area contributed by atoms with Crippen molar-refractivity contribution in [3.8, 4) is 0 Å². The average molecular weight is 206 g/mol. The number of halogens is 3. The van der Waals surface area contributed by atoms with Crippen LogP contribution in [0.3, 0.4) is 0 Å². The van der Waals surface area contributed by atoms with Crippen LogP contribution in [-0.2, 0) is 4.74 Å². The average Bonchev–Trinajstić information content (AvgIpc) is 1.90. The van der Waals surface area contributed by atoms with E-state index in [-0.39, 0.29) is 11.5 Å². The van der Waals surface area contributed by atoms with Crippen molar-refractivity contribution in [3.05, 3.63) is 0 Å². The van der Waals surface area contributed by atoms with Crippen LogP contribution in [0.5, 0.6) is 0 Å². The van der Waals surface area contributed by atoms with E-state index < -0.39 is 0 Å². The minimum atomic E-state index is -0.0652. The third-order valence-corrected chi connectivity index (χ3v) is 1.72. The summed E-state index contributed by atoms with van der Waals surface area (Å²) in [5.41, 5.74) is 0. The van der Waals surface area contributed by atoms with Crippen molar-refractivity contribution in [1.29, 1.82) is 0 Å². The van der Waals surface area contributed by atoms with Crippen molar-refractivity contribution in [2.24, 2.45) is 0 Å². The summed E-state index contributed by atoms with van der Waals surface area (Å²) in [5, 5.41) is 0.0222. The van der Waals surface area contributed by atoms with Crippen LogP contribution in [-0.4, -0.2) is 29.8 Å². The van der Waals surface area contributed by atoms with Crippen LogP contribution < -0.4 is 0 Å². The molecule has 62 valence electrons. The summed E-state index contributed by atoms with van der Waals surface area (Å²) in [7, 11) is 0. The Hall–Kier alpha value is 0.830. The SMILES string of the molecule is CC(Cl)COC(CCl)CCl. The molecule has 0 fully saturated rings. The molecule has 0 N–H and O–H groups in total. The van der Waals surface area contributed by atoms with Crippen LogP contribution in [0, 0.1) is 0 Å². The number of rotatable bonds is 5. The number of ether oxygens (including phenoxy) is 1. The van der Waals surface area contributed by atoms with Gasteiger partial charge in [-0.1, -0.05) is 0 Å². The summed E-state index contributed by atoms with van der Waals surface area (Å²) in [6.45, 7) is 2.37. The topological polar surface area (TPSA) is 9.23 Å². The summed E-state index contributed by atoms with van der Waals surface area (Å²) >= 11 is 16.6. The van der Waals surface area contributed by atoms with Gasteiger partial charge in [0.1, 0.15) is 0 Å². The van der Waals surface area contributed by atoms with Gasteiger partial charge < -0.3 is 4.74 Å². The van der Waals surface area contributed by atoms with E-state index in [1.54, 1.807) is 0 Å². The highest BCUT2D eigenvalue weighted by Gasteiger charge is 2.06. The van der Waals surface area contributed by atoms with Gasteiger partial charge >= 0.3 is 0 Å². The highest BCUT2D eigenvalue weighted by Crippen LogP contribution is 2.02. The summed E-state index contributed by atoms with van der Waals surface area (Å²) in [6, 6.07) is 0. The lowest BCUT2D eigenvalue weighted by molar-refractivity contribution is 0.0855. The van der Waals surface area contributed by atoms with E-state index in [0.29, 0.717) is 18.4 Å². The zero-order valence-electron chi connectivity index (χ0n) is 5.82. The second-order valence-corrected chi connectivity index (χ2v) is 3.41. The van der Waals surface area contributed by atoms with E-state index in [1.807, 2.05) is 6.92 Å². The van der Waals surface area contributed by atoms with Gasteiger partial charge in [-0.05, 0) is 6.92 Å². The molecule has 0 aromatic heterocycles. The highest BCUT2D eigenvalue weighted by atomic mass is 35.5. The Morgan fingerprint density at radius 1 is 1.30 bits per heavy atom. The van der Waals surface area contributed by atoms with E-state index in [9.17, 15) is 0 Å². The van der Waals surface area contributed by atoms with Crippen molar-refractivity contribution in [2.45, 2.75) is 18.4 Å². The monoisotopic (exact) mass is 204 g/mol. The predicted molar refractivity (Wildman–Crippen MR) is 46.5 cm³/mol. The molecule has 0 spiro atoms. The fraction of sp³-hybridized carbons (Fsp3) is 1.00. The highest BCUT2D eigenvalue weighted by molar-refractivity contribution is 6.21. The molecule has 0 aliphatic heterocycles. The number of hydrogen-bond donors (Lipinski definition) is 0. The Balaban J connectivity index is 3.26. The molecule has 4 heteroatoms. The second-order valence-electron chi connectivity index (χ2n) is 2.04. The van der Waals surface area contributed by atoms with Crippen LogP contribution >= 0.6 is 34.8 Å². The summed E-state index contributed by atoms with van der Waals surface area (Å²) in [6.07, 6.45) is -0.0652. The lowest BCUT2D eigenvalue weighted by Gasteiger charge is -2.12. The molecule has 0 aliphatic rings. The minimum absolute atomic E-state index is 0.0222. The molecule has 0 amide bonds. The lowest BCUT2D eigenvalue weighted by atomic mass is 10.4. The van der Waals surface area contributed by atoms with Crippen molar-refractivity contribution in [2.75, 3.05) is 18.4 Å². The molecule has 0 rings (SSSR count). The second kappa shape index (κ2) is 6.53. The first-order valence-electron chi connectivity index (χ1n) is 3.08. The quantitative estimate of drug-likeness (QED) is 0.627. The number of hydrogen-bond acceptors (Lipinski definition) is 1. The van der Waals surface area contributed by atoms with E-state index in [1.165, 1.54) is 0 Å². The Bertz CT molecular complexity index is 73.4. The summed E-state index contributed by atoms with van der Waals surface area (Å²) < 4.78 is 5.21. The van der Waals surface area contributed by atoms with E-state index >= 15 is 0 Å². The third kappa shape index (κ3) is 5.60. The summed E-state index contributed by atoms with van der Waals surface area (Å²) in [4.78, 5) is 0. The zero-order valence-corrected chi connectivity index (χ0v) is 8.09. The van der Waals surface area contributed by atoms with Crippen molar-refractivity contribution in [1.82, 2.24) is 0 Å². The first kappa shape index (κ1) is 10.8. The standard InChI is InChI=1S/C6H11Cl3O/c1-5(9)4-10-6(2-7)3-8/h5-6H,2-4H2,1H3. The molecular formula is C6H11Cl3O. The first-order valence-corrected chi connectivity index (χ1v) is 4.58. The largest absolute Gasteiger partial charge is 0.374 e. The Labute approximate surface area is 76.6 Å². The van der Waals surface area contributed by atoms with Crippen LogP contribution in [0.25, 0.3) is 0 Å². The van der Waals surface area contributed by atoms with Gasteiger partial charge in [-0.25, -0.2) is 0 Å². The molecule has 0 saturated carbocycles. The Morgan fingerprint density at radius 3 is 2.10 bits per heavy atom. The van der Waals surface area contributed by atoms with E-state index in [4.69, 9.17) is 39.5 Å². The maximum atomic E-state index is 5.62. The molecule has 1 unspecified atom stereocenters. The van der Waals surface area contributed by atoms with Gasteiger partial charge in [0.05, 0.1) is 18.1 Å². The molecule has 0 bridgehead atoms. The van der Waals surface area contributed by atoms with Gasteiger partial charge in [0.15, 0.2) is 0 Å². The van der Waals surface area contributed by atoms with Gasteiger partial charge in [0.25, 0.3) is 0 Å². The fourth-order valence-corrected chi connectivity index (χ4v) is 0.980. The van der Waals surface area contributed by atoms with Crippen molar-refractivity contribution >= 4 is 34.8 Å². The minimum Gasteiger partial charge on any atom is -0.374 e. The van der Waals surface area contributed by atoms with Crippen LogP contribution in [0.1, 0.15) is 6.92 Å². The van der Waals surface area contributed by atoms with E-state index in [2.05, 4.69) is 0 Å². The molecule has 0 aromatic carbocycles. The smallest absolute Gasteiger partial charge is 0.0846 e. The fourth-order valence-electron chi connectivity index (χ4n) is 0.399.